The number of aromatic nitrogens is 7. The monoisotopic (exact) mass is 435 g/mol. The highest BCUT2D eigenvalue weighted by Gasteiger charge is 2.19. The second kappa shape index (κ2) is 8.64. The number of benzene rings is 1. The first-order chi connectivity index (χ1) is 15.6. The molecule has 1 aromatic carbocycles. The number of nitrogens with one attached hydrogen (secondary N) is 2. The van der Waals surface area contributed by atoms with Crippen LogP contribution in [0.4, 0.5) is 0 Å². The smallest absolute Gasteiger partial charge is 0.328 e. The van der Waals surface area contributed by atoms with Gasteiger partial charge in [-0.2, -0.15) is 5.10 Å². The molecule has 4 heterocycles. The zero-order chi connectivity index (χ0) is 22.1. The van der Waals surface area contributed by atoms with Crippen LogP contribution in [0.5, 0.6) is 0 Å². The summed E-state index contributed by atoms with van der Waals surface area (Å²) in [6, 6.07) is 7.71. The molecule has 3 aromatic heterocycles. The quantitative estimate of drug-likeness (QED) is 0.421. The molecule has 1 saturated heterocycles. The molecule has 1 aliphatic rings. The van der Waals surface area contributed by atoms with Crippen LogP contribution in [0.1, 0.15) is 25.6 Å². The second-order valence-electron chi connectivity index (χ2n) is 8.26. The molecular weight excluding hydrogens is 410 g/mol. The maximum atomic E-state index is 12.5. The SMILES string of the molecule is CC(O)Cc1nc(-c2ccc(-c3cnc4[nH]c(=O)n(CC5CCOCC5)c4n3)cc2)n[nH]1. The third-order valence-corrected chi connectivity index (χ3v) is 5.72. The molecule has 0 amide bonds. The van der Waals surface area contributed by atoms with Gasteiger partial charge in [-0.1, -0.05) is 24.3 Å². The molecule has 1 atom stereocenters. The first-order valence-electron chi connectivity index (χ1n) is 10.8. The molecule has 166 valence electrons. The van der Waals surface area contributed by atoms with Gasteiger partial charge in [0.1, 0.15) is 5.82 Å². The van der Waals surface area contributed by atoms with Crippen molar-refractivity contribution in [1.29, 1.82) is 0 Å². The van der Waals surface area contributed by atoms with Crippen LogP contribution < -0.4 is 5.69 Å². The third-order valence-electron chi connectivity index (χ3n) is 5.72. The molecule has 0 spiro atoms. The van der Waals surface area contributed by atoms with Crippen molar-refractivity contribution in [1.82, 2.24) is 34.7 Å². The van der Waals surface area contributed by atoms with Crippen LogP contribution in [0.15, 0.2) is 35.3 Å². The van der Waals surface area contributed by atoms with E-state index in [2.05, 4.69) is 25.1 Å². The summed E-state index contributed by atoms with van der Waals surface area (Å²) < 4.78 is 7.12. The Morgan fingerprint density at radius 1 is 1.19 bits per heavy atom. The molecule has 10 nitrogen and oxygen atoms in total. The van der Waals surface area contributed by atoms with Crippen LogP contribution in [-0.4, -0.2) is 59.1 Å². The average molecular weight is 435 g/mol. The Morgan fingerprint density at radius 2 is 1.94 bits per heavy atom. The van der Waals surface area contributed by atoms with Gasteiger partial charge < -0.3 is 9.84 Å². The van der Waals surface area contributed by atoms with Gasteiger partial charge in [-0.3, -0.25) is 14.6 Å². The molecule has 5 rings (SSSR count). The number of fused-ring (bicyclic) bond motifs is 1. The zero-order valence-electron chi connectivity index (χ0n) is 17.8. The van der Waals surface area contributed by atoms with Crippen LogP contribution in [0.25, 0.3) is 33.9 Å². The van der Waals surface area contributed by atoms with Gasteiger partial charge in [0, 0.05) is 37.3 Å². The molecule has 1 unspecified atom stereocenters. The number of rotatable bonds is 6. The number of H-pyrrole nitrogens is 2. The van der Waals surface area contributed by atoms with Crippen molar-refractivity contribution in [3.05, 3.63) is 46.8 Å². The van der Waals surface area contributed by atoms with Crippen molar-refractivity contribution in [2.45, 2.75) is 38.8 Å². The molecular formula is C22H25N7O3. The van der Waals surface area contributed by atoms with E-state index < -0.39 is 6.10 Å². The number of hydrogen-bond acceptors (Lipinski definition) is 7. The first kappa shape index (κ1) is 20.5. The molecule has 32 heavy (non-hydrogen) atoms. The largest absolute Gasteiger partial charge is 0.393 e. The van der Waals surface area contributed by atoms with E-state index in [0.29, 0.717) is 47.5 Å². The van der Waals surface area contributed by atoms with Crippen molar-refractivity contribution in [3.63, 3.8) is 0 Å². The van der Waals surface area contributed by atoms with Gasteiger partial charge in [0.25, 0.3) is 0 Å². The lowest BCUT2D eigenvalue weighted by Gasteiger charge is -2.21. The van der Waals surface area contributed by atoms with Gasteiger partial charge >= 0.3 is 5.69 Å². The van der Waals surface area contributed by atoms with Crippen LogP contribution >= 0.6 is 0 Å². The summed E-state index contributed by atoms with van der Waals surface area (Å²) in [5.41, 5.74) is 3.31. The van der Waals surface area contributed by atoms with E-state index in [0.717, 1.165) is 37.2 Å². The number of aromatic amines is 2. The molecule has 0 radical (unpaired) electrons. The zero-order valence-corrected chi connectivity index (χ0v) is 17.8. The van der Waals surface area contributed by atoms with Crippen LogP contribution in [-0.2, 0) is 17.7 Å². The number of imidazole rings is 1. The molecule has 4 aromatic rings. The van der Waals surface area contributed by atoms with Gasteiger partial charge in [0.15, 0.2) is 17.1 Å². The summed E-state index contributed by atoms with van der Waals surface area (Å²) in [5.74, 6) is 1.61. The minimum Gasteiger partial charge on any atom is -0.393 e. The van der Waals surface area contributed by atoms with Gasteiger partial charge in [0.2, 0.25) is 0 Å². The number of aliphatic hydroxyl groups excluding tert-OH is 1. The lowest BCUT2D eigenvalue weighted by molar-refractivity contribution is 0.0613. The Hall–Kier alpha value is -3.37. The minimum atomic E-state index is -0.482. The Labute approximate surface area is 183 Å². The molecule has 0 saturated carbocycles. The minimum absolute atomic E-state index is 0.184. The molecule has 3 N–H and O–H groups in total. The van der Waals surface area contributed by atoms with Gasteiger partial charge in [-0.05, 0) is 25.7 Å². The summed E-state index contributed by atoms with van der Waals surface area (Å²) in [6.45, 7) is 3.79. The molecule has 1 aliphatic heterocycles. The van der Waals surface area contributed by atoms with Crippen molar-refractivity contribution in [3.8, 4) is 22.6 Å². The third kappa shape index (κ3) is 4.19. The normalized spacial score (nSPS) is 15.9. The highest BCUT2D eigenvalue weighted by Crippen LogP contribution is 2.23. The summed E-state index contributed by atoms with van der Waals surface area (Å²) >= 11 is 0. The maximum absolute atomic E-state index is 12.5. The van der Waals surface area contributed by atoms with E-state index in [1.54, 1.807) is 17.7 Å². The van der Waals surface area contributed by atoms with Crippen LogP contribution in [0.3, 0.4) is 0 Å². The second-order valence-corrected chi connectivity index (χ2v) is 8.26. The summed E-state index contributed by atoms with van der Waals surface area (Å²) in [7, 11) is 0. The van der Waals surface area contributed by atoms with E-state index in [4.69, 9.17) is 9.72 Å². The number of hydrogen-bond donors (Lipinski definition) is 3. The van der Waals surface area contributed by atoms with E-state index in [1.807, 2.05) is 24.3 Å². The van der Waals surface area contributed by atoms with Crippen molar-refractivity contribution >= 4 is 11.3 Å². The van der Waals surface area contributed by atoms with Crippen molar-refractivity contribution in [2.75, 3.05) is 13.2 Å². The molecule has 10 heteroatoms. The van der Waals surface area contributed by atoms with Gasteiger partial charge in [-0.15, -0.1) is 0 Å². The number of aliphatic hydroxyl groups is 1. The fourth-order valence-electron chi connectivity index (χ4n) is 4.00. The Kier molecular flexibility index (Phi) is 5.54. The molecule has 0 bridgehead atoms. The highest BCUT2D eigenvalue weighted by molar-refractivity contribution is 5.72. The predicted octanol–water partition coefficient (Wildman–Crippen LogP) is 1.92. The van der Waals surface area contributed by atoms with E-state index in [9.17, 15) is 9.90 Å². The fraction of sp³-hybridized carbons (Fsp3) is 0.409. The Bertz CT molecular complexity index is 1270. The summed E-state index contributed by atoms with van der Waals surface area (Å²) in [5, 5.41) is 16.6. The molecule has 0 aliphatic carbocycles. The lowest BCUT2D eigenvalue weighted by atomic mass is 10.0. The fourth-order valence-corrected chi connectivity index (χ4v) is 4.00. The van der Waals surface area contributed by atoms with Gasteiger partial charge in [-0.25, -0.2) is 19.7 Å². The summed E-state index contributed by atoms with van der Waals surface area (Å²) in [6.07, 6.45) is 3.48. The van der Waals surface area contributed by atoms with E-state index in [-0.39, 0.29) is 5.69 Å². The highest BCUT2D eigenvalue weighted by atomic mass is 16.5. The Morgan fingerprint density at radius 3 is 2.69 bits per heavy atom. The van der Waals surface area contributed by atoms with Crippen LogP contribution in [0.2, 0.25) is 0 Å². The first-order valence-corrected chi connectivity index (χ1v) is 10.8. The number of ether oxygens (including phenoxy) is 1. The number of nitrogens with zero attached hydrogens (tertiary/aromatic N) is 5. The average Bonchev–Trinajstić information content (AvgIpc) is 3.38. The summed E-state index contributed by atoms with van der Waals surface area (Å²) in [4.78, 5) is 28.9. The van der Waals surface area contributed by atoms with E-state index in [1.165, 1.54) is 0 Å². The van der Waals surface area contributed by atoms with Crippen molar-refractivity contribution < 1.29 is 9.84 Å². The maximum Gasteiger partial charge on any atom is 0.328 e. The van der Waals surface area contributed by atoms with E-state index >= 15 is 0 Å². The van der Waals surface area contributed by atoms with Crippen molar-refractivity contribution in [2.24, 2.45) is 5.92 Å². The lowest BCUT2D eigenvalue weighted by Crippen LogP contribution is -2.26. The topological polar surface area (TPSA) is 135 Å². The Balaban J connectivity index is 1.41. The predicted molar refractivity (Wildman–Crippen MR) is 118 cm³/mol. The molecule has 1 fully saturated rings. The van der Waals surface area contributed by atoms with Gasteiger partial charge in [0.05, 0.1) is 18.0 Å². The van der Waals surface area contributed by atoms with Crippen LogP contribution in [0, 0.1) is 5.92 Å². The standard InChI is InChI=1S/C22H25N7O3/c1-13(30)10-18-25-19(28-27-18)16-4-2-15(3-5-16)17-11-23-20-21(24-17)29(22(31)26-20)12-14-6-8-32-9-7-14/h2-5,11,13-14,30H,6-10,12H2,1H3,(H,23,26,31)(H,25,27,28).